The minimum absolute atomic E-state index is 0. The molecule has 0 aliphatic rings. The van der Waals surface area contributed by atoms with E-state index in [-0.39, 0.29) is 35.6 Å². The predicted octanol–water partition coefficient (Wildman–Crippen LogP) is 0.351. The van der Waals surface area contributed by atoms with Crippen LogP contribution in [-0.2, 0) is 4.57 Å². The van der Waals surface area contributed by atoms with Crippen molar-refractivity contribution < 1.29 is 45.1 Å². The second kappa shape index (κ2) is 5.25. The molecule has 1 unspecified atom stereocenters. The van der Waals surface area contributed by atoms with Gasteiger partial charge in [0.1, 0.15) is 0 Å². The van der Waals surface area contributed by atoms with Crippen LogP contribution < -0.4 is 0 Å². The van der Waals surface area contributed by atoms with Crippen LogP contribution in [0.3, 0.4) is 0 Å². The Hall–Kier alpha value is 1.25. The maximum absolute atomic E-state index is 9.15. The third-order valence-electron chi connectivity index (χ3n) is 0. The molecule has 0 aromatic rings. The maximum atomic E-state index is 9.15. The third-order valence-corrected chi connectivity index (χ3v) is 0. The second-order valence-electron chi connectivity index (χ2n) is 0.464. The minimum Gasteiger partial charge on any atom is -0.161 e. The summed E-state index contributed by atoms with van der Waals surface area (Å²) in [6, 6.07) is 0. The maximum Gasteiger partial charge on any atom is 0.502 e. The molecule has 0 amide bonds. The fourth-order valence-corrected chi connectivity index (χ4v) is 0. The average molecular weight is 218 g/mol. The first-order valence-corrected chi connectivity index (χ1v) is 2.49. The van der Waals surface area contributed by atoms with Gasteiger partial charge in [-0.05, 0) is 4.57 Å². The summed E-state index contributed by atoms with van der Waals surface area (Å²) >= 11 is 0. The van der Waals surface area contributed by atoms with Gasteiger partial charge in [-0.2, -0.15) is 4.89 Å². The summed E-state index contributed by atoms with van der Waals surface area (Å²) in [5.74, 6) is 0. The number of rotatable bonds is 0. The largest absolute Gasteiger partial charge is 0.502 e. The Morgan fingerprint density at radius 2 is 1.80 bits per heavy atom. The van der Waals surface area contributed by atoms with Gasteiger partial charge in [-0.25, -0.2) is 0 Å². The summed E-state index contributed by atoms with van der Waals surface area (Å²) < 4.78 is 9.15. The van der Waals surface area contributed by atoms with Crippen molar-refractivity contribution >= 4 is 8.03 Å². The van der Waals surface area contributed by atoms with Gasteiger partial charge in [0.05, 0.1) is 0 Å². The first-order valence-electron chi connectivity index (χ1n) is 0.830. The Morgan fingerprint density at radius 1 is 1.80 bits per heavy atom. The van der Waals surface area contributed by atoms with E-state index in [9.17, 15) is 0 Å². The SMILES string of the molecule is C[P+](=O)O.[La]. The molecular formula is CH4LaO2P+. The molecule has 0 spiro atoms. The fraction of sp³-hybridized carbons (Fsp3) is 1.00. The summed E-state index contributed by atoms with van der Waals surface area (Å²) in [7, 11) is -1.87. The van der Waals surface area contributed by atoms with Crippen molar-refractivity contribution in [2.75, 3.05) is 6.66 Å². The Morgan fingerprint density at radius 3 is 1.80 bits per heavy atom. The van der Waals surface area contributed by atoms with E-state index in [4.69, 9.17) is 9.46 Å². The zero-order chi connectivity index (χ0) is 3.58. The Balaban J connectivity index is 0. The summed E-state index contributed by atoms with van der Waals surface area (Å²) in [6.07, 6.45) is 0. The molecule has 0 bridgehead atoms. The molecule has 0 saturated carbocycles. The van der Waals surface area contributed by atoms with Crippen molar-refractivity contribution in [3.63, 3.8) is 0 Å². The van der Waals surface area contributed by atoms with Gasteiger partial charge in [0.25, 0.3) is 0 Å². The molecule has 1 N–H and O–H groups in total. The molecule has 0 saturated heterocycles. The number of hydrogen-bond acceptors (Lipinski definition) is 1. The average Bonchev–Trinajstić information content (AvgIpc) is 0.811. The standard InChI is InChI=1S/CH3O2P.La/c1-4(2)3;/h1H3;/p+1. The molecule has 2 nitrogen and oxygen atoms in total. The molecule has 5 heavy (non-hydrogen) atoms. The van der Waals surface area contributed by atoms with Crippen LogP contribution >= 0.6 is 8.03 Å². The van der Waals surface area contributed by atoms with Crippen LogP contribution in [0.2, 0.25) is 0 Å². The van der Waals surface area contributed by atoms with Crippen LogP contribution in [0.4, 0.5) is 0 Å². The van der Waals surface area contributed by atoms with Gasteiger partial charge in [0.2, 0.25) is 0 Å². The van der Waals surface area contributed by atoms with E-state index < -0.39 is 8.03 Å². The van der Waals surface area contributed by atoms with E-state index >= 15 is 0 Å². The monoisotopic (exact) mass is 218 g/mol. The molecule has 0 aliphatic heterocycles. The predicted molar refractivity (Wildman–Crippen MR) is 15.7 cm³/mol. The van der Waals surface area contributed by atoms with E-state index in [2.05, 4.69) is 0 Å². The van der Waals surface area contributed by atoms with Gasteiger partial charge in [-0.15, -0.1) is 0 Å². The van der Waals surface area contributed by atoms with Crippen molar-refractivity contribution in [1.29, 1.82) is 0 Å². The van der Waals surface area contributed by atoms with Crippen LogP contribution in [0.5, 0.6) is 0 Å². The molecule has 0 rings (SSSR count). The van der Waals surface area contributed by atoms with Gasteiger partial charge < -0.3 is 0 Å². The first-order chi connectivity index (χ1) is 1.73. The summed E-state index contributed by atoms with van der Waals surface area (Å²) in [5, 5.41) is 0. The molecule has 27 valence electrons. The van der Waals surface area contributed by atoms with Crippen molar-refractivity contribution in [3.05, 3.63) is 0 Å². The molecule has 0 heterocycles. The molecule has 0 fully saturated rings. The fourth-order valence-electron chi connectivity index (χ4n) is 0. The zero-order valence-corrected chi connectivity index (χ0v) is 7.40. The molecule has 0 aliphatic carbocycles. The molecule has 1 radical (unpaired) electrons. The molecule has 0 aromatic carbocycles. The third kappa shape index (κ3) is 35.4. The van der Waals surface area contributed by atoms with Crippen LogP contribution in [0.15, 0.2) is 0 Å². The smallest absolute Gasteiger partial charge is 0.161 e. The quantitative estimate of drug-likeness (QED) is 0.595. The van der Waals surface area contributed by atoms with Crippen LogP contribution in [0.1, 0.15) is 0 Å². The number of hydrogen-bond donors (Lipinski definition) is 1. The van der Waals surface area contributed by atoms with Gasteiger partial charge in [0.15, 0.2) is 6.66 Å². The van der Waals surface area contributed by atoms with Gasteiger partial charge in [-0.3, -0.25) is 0 Å². The van der Waals surface area contributed by atoms with E-state index in [1.165, 1.54) is 6.66 Å². The Kier molecular flexibility index (Phi) is 10.0. The van der Waals surface area contributed by atoms with Crippen molar-refractivity contribution in [1.82, 2.24) is 0 Å². The summed E-state index contributed by atoms with van der Waals surface area (Å²) in [4.78, 5) is 7.56. The summed E-state index contributed by atoms with van der Waals surface area (Å²) in [6.45, 7) is 1.23. The van der Waals surface area contributed by atoms with Crippen LogP contribution in [0.25, 0.3) is 0 Å². The van der Waals surface area contributed by atoms with E-state index in [0.29, 0.717) is 0 Å². The van der Waals surface area contributed by atoms with E-state index in [1.807, 2.05) is 0 Å². The molecule has 4 heteroatoms. The van der Waals surface area contributed by atoms with Crippen molar-refractivity contribution in [2.45, 2.75) is 0 Å². The van der Waals surface area contributed by atoms with Crippen molar-refractivity contribution in [3.8, 4) is 0 Å². The Labute approximate surface area is 59.4 Å². The molecular weight excluding hydrogens is 214 g/mol. The molecule has 0 aromatic heterocycles. The van der Waals surface area contributed by atoms with Gasteiger partial charge in [-0.1, -0.05) is 0 Å². The Bertz CT molecular complexity index is 32.6. The second-order valence-corrected chi connectivity index (χ2v) is 1.39. The van der Waals surface area contributed by atoms with Gasteiger partial charge >= 0.3 is 8.03 Å². The van der Waals surface area contributed by atoms with Crippen LogP contribution in [0, 0.1) is 35.6 Å². The van der Waals surface area contributed by atoms with E-state index in [0.717, 1.165) is 0 Å². The minimum atomic E-state index is -1.87. The normalized spacial score (nSPS) is 8.80. The zero-order valence-electron chi connectivity index (χ0n) is 2.88. The topological polar surface area (TPSA) is 37.3 Å². The van der Waals surface area contributed by atoms with Crippen LogP contribution in [-0.4, -0.2) is 11.6 Å². The first kappa shape index (κ1) is 9.54. The summed E-state index contributed by atoms with van der Waals surface area (Å²) in [5.41, 5.74) is 0. The molecule has 1 atom stereocenters. The van der Waals surface area contributed by atoms with Gasteiger partial charge in [0, 0.05) is 35.6 Å². The van der Waals surface area contributed by atoms with Crippen molar-refractivity contribution in [2.24, 2.45) is 0 Å². The van der Waals surface area contributed by atoms with E-state index in [1.54, 1.807) is 0 Å².